The van der Waals surface area contributed by atoms with Crippen molar-refractivity contribution in [3.05, 3.63) is 95.8 Å². The molecule has 4 aromatic rings. The van der Waals surface area contributed by atoms with E-state index >= 15 is 0 Å². The van der Waals surface area contributed by atoms with Gasteiger partial charge >= 0.3 is 5.97 Å². The second-order valence-electron chi connectivity index (χ2n) is 9.14. The van der Waals surface area contributed by atoms with Gasteiger partial charge in [-0.15, -0.1) is 0 Å². The van der Waals surface area contributed by atoms with E-state index in [1.165, 1.54) is 13.2 Å². The number of fused-ring (bicyclic) bond motifs is 2. The van der Waals surface area contributed by atoms with E-state index < -0.39 is 6.10 Å². The summed E-state index contributed by atoms with van der Waals surface area (Å²) < 4.78 is 39.8. The van der Waals surface area contributed by atoms with Crippen molar-refractivity contribution >= 4 is 5.97 Å². The maximum absolute atomic E-state index is 15.0. The van der Waals surface area contributed by atoms with Gasteiger partial charge in [-0.25, -0.2) is 9.37 Å². The molecular weight excluding hydrogens is 475 g/mol. The summed E-state index contributed by atoms with van der Waals surface area (Å²) >= 11 is 0. The monoisotopic (exact) mass is 500 g/mol. The molecule has 1 unspecified atom stereocenters. The van der Waals surface area contributed by atoms with Crippen LogP contribution in [0.4, 0.5) is 4.39 Å². The lowest BCUT2D eigenvalue weighted by Crippen LogP contribution is -2.09. The number of hydrogen-bond acceptors (Lipinski definition) is 6. The number of aromatic nitrogens is 2. The van der Waals surface area contributed by atoms with E-state index in [-0.39, 0.29) is 24.1 Å². The van der Waals surface area contributed by atoms with Crippen molar-refractivity contribution in [3.63, 3.8) is 0 Å². The smallest absolute Gasteiger partial charge is 0.306 e. The molecule has 7 nitrogen and oxygen atoms in total. The largest absolute Gasteiger partial charge is 0.492 e. The molecule has 0 fully saturated rings. The molecule has 2 atom stereocenters. The highest BCUT2D eigenvalue weighted by Gasteiger charge is 2.32. The number of esters is 1. The van der Waals surface area contributed by atoms with Crippen LogP contribution in [0.1, 0.15) is 41.6 Å². The summed E-state index contributed by atoms with van der Waals surface area (Å²) in [5, 5.41) is 0. The number of imidazole rings is 1. The Hall–Kier alpha value is -4.33. The van der Waals surface area contributed by atoms with Crippen LogP contribution in [0.5, 0.6) is 23.0 Å². The molecule has 1 aliphatic heterocycles. The normalized spacial score (nSPS) is 17.6. The lowest BCUT2D eigenvalue weighted by atomic mass is 9.98. The highest BCUT2D eigenvalue weighted by Crippen LogP contribution is 2.44. The lowest BCUT2D eigenvalue weighted by Gasteiger charge is -2.17. The number of hydrogen-bond donors (Lipinski definition) is 0. The van der Waals surface area contributed by atoms with E-state index in [2.05, 4.69) is 4.98 Å². The summed E-state index contributed by atoms with van der Waals surface area (Å²) in [5.74, 6) is 1.94. The first-order valence-corrected chi connectivity index (χ1v) is 12.2. The maximum atomic E-state index is 15.0. The lowest BCUT2D eigenvalue weighted by molar-refractivity contribution is -0.141. The van der Waals surface area contributed by atoms with Crippen LogP contribution in [0.25, 0.3) is 5.69 Å². The molecule has 3 aromatic carbocycles. The number of halogens is 1. The van der Waals surface area contributed by atoms with Crippen molar-refractivity contribution in [1.82, 2.24) is 9.55 Å². The van der Waals surface area contributed by atoms with Gasteiger partial charge in [0.25, 0.3) is 0 Å². The van der Waals surface area contributed by atoms with Crippen molar-refractivity contribution < 1.29 is 28.1 Å². The van der Waals surface area contributed by atoms with Gasteiger partial charge in [-0.2, -0.15) is 0 Å². The fraction of sp³-hybridized carbons (Fsp3) is 0.241. The van der Waals surface area contributed by atoms with E-state index in [9.17, 15) is 9.18 Å². The predicted octanol–water partition coefficient (Wildman–Crippen LogP) is 5.91. The Morgan fingerprint density at radius 2 is 1.97 bits per heavy atom. The van der Waals surface area contributed by atoms with Crippen LogP contribution in [0.2, 0.25) is 0 Å². The number of carbonyl (C=O) groups excluding carboxylic acids is 1. The number of rotatable bonds is 7. The molecule has 37 heavy (non-hydrogen) atoms. The zero-order chi connectivity index (χ0) is 25.4. The third-order valence-electron chi connectivity index (χ3n) is 6.89. The first kappa shape index (κ1) is 23.1. The summed E-state index contributed by atoms with van der Waals surface area (Å²) in [6.07, 6.45) is 6.43. The average molecular weight is 501 g/mol. The highest BCUT2D eigenvalue weighted by atomic mass is 19.1. The van der Waals surface area contributed by atoms with Gasteiger partial charge in [0.15, 0.2) is 0 Å². The van der Waals surface area contributed by atoms with Crippen LogP contribution in [0.15, 0.2) is 73.3 Å². The summed E-state index contributed by atoms with van der Waals surface area (Å²) in [7, 11) is 1.38. The minimum Gasteiger partial charge on any atom is -0.492 e. The quantitative estimate of drug-likeness (QED) is 0.294. The Balaban J connectivity index is 1.19. The molecule has 1 aliphatic carbocycles. The standard InChI is InChI=1S/C29H25FN2O5/c1-34-28(33)14-18-16-35-27-15-21(6-7-22(18)27)37-26-10-8-23-25(11-9-24(30)29(23)26)36-20-4-2-19(3-5-20)32-13-12-31-17-32/h2-7,9,11-13,15,17-18,26H,8,10,14,16H2,1H3/t18?,26-/m1/s1. The van der Waals surface area contributed by atoms with Gasteiger partial charge in [-0.05, 0) is 55.3 Å². The maximum Gasteiger partial charge on any atom is 0.306 e. The van der Waals surface area contributed by atoms with Gasteiger partial charge in [0, 0.05) is 46.8 Å². The molecule has 0 saturated heterocycles. The number of carbonyl (C=O) groups is 1. The van der Waals surface area contributed by atoms with E-state index in [1.807, 2.05) is 53.2 Å². The van der Waals surface area contributed by atoms with Crippen LogP contribution in [0.3, 0.4) is 0 Å². The highest BCUT2D eigenvalue weighted by molar-refractivity contribution is 5.71. The Labute approximate surface area is 213 Å². The Bertz CT molecular complexity index is 1440. The molecule has 2 heterocycles. The first-order chi connectivity index (χ1) is 18.1. The van der Waals surface area contributed by atoms with Crippen molar-refractivity contribution in [1.29, 1.82) is 0 Å². The molecule has 0 radical (unpaired) electrons. The zero-order valence-corrected chi connectivity index (χ0v) is 20.2. The summed E-state index contributed by atoms with van der Waals surface area (Å²) in [4.78, 5) is 15.7. The van der Waals surface area contributed by atoms with Crippen LogP contribution >= 0.6 is 0 Å². The van der Waals surface area contributed by atoms with E-state index in [4.69, 9.17) is 18.9 Å². The Morgan fingerprint density at radius 1 is 1.14 bits per heavy atom. The fourth-order valence-corrected chi connectivity index (χ4v) is 5.03. The van der Waals surface area contributed by atoms with Crippen LogP contribution in [0, 0.1) is 5.82 Å². The van der Waals surface area contributed by atoms with Crippen LogP contribution in [-0.4, -0.2) is 29.2 Å². The zero-order valence-electron chi connectivity index (χ0n) is 20.2. The van der Waals surface area contributed by atoms with Gasteiger partial charge in [0.05, 0.1) is 26.5 Å². The molecule has 0 amide bonds. The minimum atomic E-state index is -0.438. The molecule has 8 heteroatoms. The molecular formula is C29H25FN2O5. The molecule has 188 valence electrons. The molecule has 0 spiro atoms. The Morgan fingerprint density at radius 3 is 2.76 bits per heavy atom. The third kappa shape index (κ3) is 4.50. The van der Waals surface area contributed by atoms with Crippen LogP contribution in [-0.2, 0) is 16.0 Å². The minimum absolute atomic E-state index is 0.0464. The fourth-order valence-electron chi connectivity index (χ4n) is 5.03. The van der Waals surface area contributed by atoms with Crippen molar-refractivity contribution in [2.45, 2.75) is 31.3 Å². The summed E-state index contributed by atoms with van der Waals surface area (Å²) in [5.41, 5.74) is 3.26. The number of benzene rings is 3. The average Bonchev–Trinajstić information content (AvgIpc) is 3.67. The topological polar surface area (TPSA) is 71.8 Å². The number of ether oxygens (including phenoxy) is 4. The van der Waals surface area contributed by atoms with Crippen molar-refractivity contribution in [2.24, 2.45) is 0 Å². The van der Waals surface area contributed by atoms with Gasteiger partial charge in [0.1, 0.15) is 34.9 Å². The molecule has 6 rings (SSSR count). The van der Waals surface area contributed by atoms with Gasteiger partial charge in [-0.1, -0.05) is 6.07 Å². The molecule has 0 saturated carbocycles. The van der Waals surface area contributed by atoms with Crippen LogP contribution < -0.4 is 14.2 Å². The predicted molar refractivity (Wildman–Crippen MR) is 133 cm³/mol. The van der Waals surface area contributed by atoms with Crippen molar-refractivity contribution in [2.75, 3.05) is 13.7 Å². The third-order valence-corrected chi connectivity index (χ3v) is 6.89. The van der Waals surface area contributed by atoms with Gasteiger partial charge in [0.2, 0.25) is 0 Å². The first-order valence-electron chi connectivity index (χ1n) is 12.2. The summed E-state index contributed by atoms with van der Waals surface area (Å²) in [6.45, 7) is 0.415. The van der Waals surface area contributed by atoms with E-state index in [0.717, 1.165) is 16.8 Å². The second kappa shape index (κ2) is 9.61. The molecule has 0 bridgehead atoms. The number of methoxy groups -OCH3 is 1. The SMILES string of the molecule is COC(=O)CC1COc2cc(O[C@@H]3CCc4c(Oc5ccc(-n6ccnc6)cc5)ccc(F)c43)ccc21. The molecule has 1 aromatic heterocycles. The second-order valence-corrected chi connectivity index (χ2v) is 9.14. The molecule has 0 N–H and O–H groups in total. The van der Waals surface area contributed by atoms with Crippen molar-refractivity contribution in [3.8, 4) is 28.7 Å². The van der Waals surface area contributed by atoms with E-state index in [1.54, 1.807) is 18.6 Å². The molecule has 2 aliphatic rings. The van der Waals surface area contributed by atoms with E-state index in [0.29, 0.717) is 48.0 Å². The summed E-state index contributed by atoms with van der Waals surface area (Å²) in [6, 6.07) is 16.3. The number of nitrogens with zero attached hydrogens (tertiary/aromatic N) is 2. The van der Waals surface area contributed by atoms with Gasteiger partial charge < -0.3 is 23.5 Å². The Kier molecular flexibility index (Phi) is 6.00. The van der Waals surface area contributed by atoms with Gasteiger partial charge in [-0.3, -0.25) is 4.79 Å².